The number of ether oxygens (including phenoxy) is 3. The lowest BCUT2D eigenvalue weighted by Gasteiger charge is -2.22. The Morgan fingerprint density at radius 3 is 1.08 bits per heavy atom. The summed E-state index contributed by atoms with van der Waals surface area (Å²) in [5, 5.41) is 28.2. The number of amidine groups is 1. The van der Waals surface area contributed by atoms with Gasteiger partial charge in [-0.1, -0.05) is 230 Å². The zero-order valence-electron chi connectivity index (χ0n) is 61.3. The molecule has 0 saturated heterocycles. The van der Waals surface area contributed by atoms with Crippen LogP contribution in [0.2, 0.25) is 0 Å². The van der Waals surface area contributed by atoms with Gasteiger partial charge in [0.1, 0.15) is 40.7 Å². The van der Waals surface area contributed by atoms with E-state index < -0.39 is 0 Å². The maximum atomic E-state index is 14.1. The van der Waals surface area contributed by atoms with Gasteiger partial charge in [-0.25, -0.2) is 20.9 Å². The zero-order valence-corrected chi connectivity index (χ0v) is 62.1. The van der Waals surface area contributed by atoms with E-state index in [4.69, 9.17) is 58.4 Å². The quantitative estimate of drug-likeness (QED) is 0.0171. The second-order valence-electron chi connectivity index (χ2n) is 25.4. The van der Waals surface area contributed by atoms with Crippen LogP contribution in [0.4, 0.5) is 5.95 Å². The Labute approximate surface area is 645 Å². The smallest absolute Gasteiger partial charge is 0.279 e. The van der Waals surface area contributed by atoms with Crippen molar-refractivity contribution in [1.29, 1.82) is 0 Å². The van der Waals surface area contributed by atoms with Crippen molar-refractivity contribution in [2.75, 3.05) is 52.5 Å². The molecule has 111 heavy (non-hydrogen) atoms. The number of rotatable bonds is 18. The molecule has 3 aliphatic heterocycles. The molecule has 9 aromatic carbocycles. The van der Waals surface area contributed by atoms with Crippen molar-refractivity contribution < 1.29 is 28.6 Å². The normalized spacial score (nSPS) is 13.2. The molecule has 0 amide bonds. The molecule has 0 atom stereocenters. The number of guanidine groups is 1. The number of carbonyl (C=O) groups excluding carboxylic acids is 3. The zero-order chi connectivity index (χ0) is 77.3. The molecule has 0 saturated carbocycles. The number of hydrogen-bond acceptors (Lipinski definition) is 18. The van der Waals surface area contributed by atoms with Gasteiger partial charge in [-0.05, 0) is 92.8 Å². The third kappa shape index (κ3) is 16.5. The molecule has 4 aromatic heterocycles. The van der Waals surface area contributed by atoms with Crippen molar-refractivity contribution in [3.05, 3.63) is 312 Å². The summed E-state index contributed by atoms with van der Waals surface area (Å²) in [6.45, 7) is 0.929. The number of allylic oxidation sites excluding steroid dienone is 3. The second kappa shape index (κ2) is 35.1. The van der Waals surface area contributed by atoms with Crippen LogP contribution in [-0.2, 0) is 19.3 Å². The Kier molecular flexibility index (Phi) is 23.8. The van der Waals surface area contributed by atoms with Crippen molar-refractivity contribution in [3.8, 4) is 84.4 Å². The Hall–Kier alpha value is -14.0. The SMILES string of the molecule is COc1ccc(C2=C(CN)Cc3c(-c4ccccc4)c(-c4ccccc4)nn3C2=O)cc1.COc1ccc(C2=C(CN=C(N)NN)Cc3c(-c4ccccc4)c(-c4ccccc4)nn3C2=O)cc1.COc1ccc(C2=C(CNc3ncn[nH]3)Cc3c(-c4ccccc4)c(-c4ccccc4)nn3C2=O)cc1.CSC(N)=NN. The maximum absolute atomic E-state index is 14.1. The fourth-order valence-corrected chi connectivity index (χ4v) is 13.7. The van der Waals surface area contributed by atoms with Gasteiger partial charge in [0.2, 0.25) is 11.9 Å². The molecule has 13 N–H and O–H groups in total. The van der Waals surface area contributed by atoms with E-state index in [0.29, 0.717) is 65.9 Å². The number of nitrogens with one attached hydrogen (secondary N) is 3. The van der Waals surface area contributed by atoms with Crippen molar-refractivity contribution >= 4 is 63.3 Å². The van der Waals surface area contributed by atoms with Crippen LogP contribution in [0.3, 0.4) is 0 Å². The number of thioether (sulfide) groups is 1. The van der Waals surface area contributed by atoms with Crippen molar-refractivity contribution in [1.82, 2.24) is 49.9 Å². The Morgan fingerprint density at radius 2 is 0.784 bits per heavy atom. The number of aromatic amines is 1. The summed E-state index contributed by atoms with van der Waals surface area (Å²) >= 11 is 1.33. The average molecular weight is 1490 g/mol. The van der Waals surface area contributed by atoms with Gasteiger partial charge >= 0.3 is 0 Å². The van der Waals surface area contributed by atoms with Crippen LogP contribution in [-0.4, -0.2) is 121 Å². The summed E-state index contributed by atoms with van der Waals surface area (Å²) in [6, 6.07) is 82.5. The number of anilines is 1. The van der Waals surface area contributed by atoms with Crippen LogP contribution in [0.1, 0.15) is 48.2 Å². The van der Waals surface area contributed by atoms with Gasteiger partial charge in [0.25, 0.3) is 17.7 Å². The lowest BCUT2D eigenvalue weighted by Crippen LogP contribution is -2.37. The highest BCUT2D eigenvalue weighted by atomic mass is 32.2. The van der Waals surface area contributed by atoms with Crippen molar-refractivity contribution in [2.24, 2.45) is 39.0 Å². The van der Waals surface area contributed by atoms with Crippen LogP contribution in [0.25, 0.3) is 83.9 Å². The standard InChI is InChI=1S/C29H24N6O2.C28H26N6O2.C27H23N3O2.C2H7N3S/c1-37-23-14-12-20(13-15-23)25-22(17-30-29-31-18-32-33-29)16-24-26(19-8-4-2-5-9-19)27(34-35(24)28(25)36)21-10-6-3-7-11-21;1-36-22-14-12-19(13-15-22)24-21(17-31-28(29)32-30)16-23-25(18-8-4-2-5-9-18)26(33-34(23)27(24)35)20-10-6-3-7-11-20;1-32-22-14-12-19(13-15-22)24-21(17-28)16-23-25(18-8-4-2-5-9-18)26(29-30(23)27(24)31)20-10-6-3-7-11-20;1-6-2(3)5-4/h2-15,18H,16-17H2,1H3,(H2,30,31,32,33);2-15H,16-17,30H2,1H3,(H3,29,31,32);2-15H,16-17,28H2,1H3;4H2,1H3,(H2,3,5). The van der Waals surface area contributed by atoms with Crippen LogP contribution in [0.5, 0.6) is 17.2 Å². The first-order valence-electron chi connectivity index (χ1n) is 35.4. The maximum Gasteiger partial charge on any atom is 0.279 e. The number of fused-ring (bicyclic) bond motifs is 3. The largest absolute Gasteiger partial charge is 0.497 e. The number of nitrogens with zero attached hydrogens (tertiary/aromatic N) is 10. The van der Waals surface area contributed by atoms with E-state index >= 15 is 0 Å². The van der Waals surface area contributed by atoms with E-state index in [1.807, 2.05) is 237 Å². The van der Waals surface area contributed by atoms with Gasteiger partial charge in [0.15, 0.2) is 5.17 Å². The lowest BCUT2D eigenvalue weighted by molar-refractivity contribution is 0.0950. The molecule has 7 heterocycles. The number of aromatic nitrogens is 9. The number of aliphatic imine (C=N–C) groups is 1. The van der Waals surface area contributed by atoms with Gasteiger partial charge in [0.05, 0.1) is 56.1 Å². The molecule has 24 nitrogen and oxygen atoms in total. The third-order valence-corrected chi connectivity index (χ3v) is 19.4. The molecule has 0 bridgehead atoms. The first-order chi connectivity index (χ1) is 54.3. The lowest BCUT2D eigenvalue weighted by atomic mass is 9.89. The number of hydrazine groups is 1. The third-order valence-electron chi connectivity index (χ3n) is 18.9. The highest BCUT2D eigenvalue weighted by molar-refractivity contribution is 8.13. The molecule has 0 aliphatic carbocycles. The number of hydrazone groups is 1. The molecule has 25 heteroatoms. The van der Waals surface area contributed by atoms with E-state index in [0.717, 1.165) is 129 Å². The number of methoxy groups -OCH3 is 3. The molecule has 16 rings (SSSR count). The van der Waals surface area contributed by atoms with Crippen LogP contribution in [0, 0.1) is 0 Å². The number of hydrogen-bond donors (Lipinski definition) is 8. The molecule has 0 fully saturated rings. The predicted octanol–water partition coefficient (Wildman–Crippen LogP) is 13.1. The van der Waals surface area contributed by atoms with Gasteiger partial charge in [0, 0.05) is 71.3 Å². The summed E-state index contributed by atoms with van der Waals surface area (Å²) in [4.78, 5) is 50.4. The molecule has 13 aromatic rings. The molecule has 3 aliphatic rings. The minimum Gasteiger partial charge on any atom is -0.497 e. The summed E-state index contributed by atoms with van der Waals surface area (Å²) < 4.78 is 20.6. The van der Waals surface area contributed by atoms with Gasteiger partial charge in [-0.3, -0.25) is 19.8 Å². The van der Waals surface area contributed by atoms with Gasteiger partial charge in [-0.15, -0.1) is 0 Å². The summed E-state index contributed by atoms with van der Waals surface area (Å²) in [5.74, 6) is 12.4. The average Bonchev–Trinajstić information content (AvgIpc) is 1.62. The highest BCUT2D eigenvalue weighted by Gasteiger charge is 2.36. The van der Waals surface area contributed by atoms with E-state index in [9.17, 15) is 14.4 Å². The molecular formula is C86H80N18O6S. The Morgan fingerprint density at radius 1 is 0.459 bits per heavy atom. The molecule has 0 unspecified atom stereocenters. The molecule has 0 radical (unpaired) electrons. The van der Waals surface area contributed by atoms with Crippen LogP contribution in [0.15, 0.2) is 288 Å². The number of benzene rings is 9. The highest BCUT2D eigenvalue weighted by Crippen LogP contribution is 2.44. The molecule has 0 spiro atoms. The summed E-state index contributed by atoms with van der Waals surface area (Å²) in [5.41, 5.74) is 39.9. The first kappa shape index (κ1) is 75.2. The molecule has 556 valence electrons. The van der Waals surface area contributed by atoms with Crippen molar-refractivity contribution in [3.63, 3.8) is 0 Å². The van der Waals surface area contributed by atoms with E-state index in [2.05, 4.69) is 60.3 Å². The van der Waals surface area contributed by atoms with Gasteiger partial charge < -0.3 is 42.6 Å². The van der Waals surface area contributed by atoms with E-state index in [-0.39, 0.29) is 30.2 Å². The van der Waals surface area contributed by atoms with Crippen LogP contribution >= 0.6 is 11.8 Å². The fourth-order valence-electron chi connectivity index (χ4n) is 13.6. The second-order valence-corrected chi connectivity index (χ2v) is 26.2. The monoisotopic (exact) mass is 1490 g/mol. The minimum absolute atomic E-state index is 0.0939. The van der Waals surface area contributed by atoms with E-state index in [1.54, 1.807) is 30.7 Å². The van der Waals surface area contributed by atoms with Crippen molar-refractivity contribution in [2.45, 2.75) is 19.3 Å². The topological polar surface area (TPSA) is 353 Å². The number of H-pyrrole nitrogens is 1. The minimum atomic E-state index is -0.217. The van der Waals surface area contributed by atoms with Gasteiger partial charge in [-0.2, -0.15) is 39.5 Å². The Balaban J connectivity index is 0.000000141. The fraction of sp³-hybridized carbons (Fsp3) is 0.116. The van der Waals surface area contributed by atoms with Crippen LogP contribution < -0.4 is 53.8 Å². The first-order valence-corrected chi connectivity index (χ1v) is 36.6. The molecular weight excluding hydrogens is 1410 g/mol. The van der Waals surface area contributed by atoms with E-state index in [1.165, 1.54) is 22.8 Å². The summed E-state index contributed by atoms with van der Waals surface area (Å²) in [6.07, 6.45) is 4.83. The summed E-state index contributed by atoms with van der Waals surface area (Å²) in [7, 11) is 4.85. The number of nitrogens with two attached hydrogens (primary N) is 5. The predicted molar refractivity (Wildman–Crippen MR) is 439 cm³/mol. The number of carbonyl (C=O) groups is 3. The Bertz CT molecular complexity index is 5590.